The van der Waals surface area contributed by atoms with Gasteiger partial charge in [-0.3, -0.25) is 0 Å². The highest BCUT2D eigenvalue weighted by molar-refractivity contribution is 6.21. The number of benzene rings is 1. The van der Waals surface area contributed by atoms with Gasteiger partial charge in [-0.15, -0.1) is 11.6 Å². The van der Waals surface area contributed by atoms with Gasteiger partial charge in [0.2, 0.25) is 0 Å². The maximum atomic E-state index is 5.99. The van der Waals surface area contributed by atoms with Crippen molar-refractivity contribution >= 4 is 17.3 Å². The molecule has 1 aliphatic rings. The SMILES string of the molecule is COCc1ccc(C2=NOC(C(C)Cl)C2)cc1. The predicted molar refractivity (Wildman–Crippen MR) is 68.5 cm³/mol. The van der Waals surface area contributed by atoms with E-state index in [9.17, 15) is 0 Å². The summed E-state index contributed by atoms with van der Waals surface area (Å²) in [6.07, 6.45) is 0.763. The topological polar surface area (TPSA) is 30.8 Å². The van der Waals surface area contributed by atoms with Gasteiger partial charge in [0, 0.05) is 13.5 Å². The lowest BCUT2D eigenvalue weighted by atomic mass is 10.0. The summed E-state index contributed by atoms with van der Waals surface area (Å²) in [5.41, 5.74) is 3.20. The normalized spacial score (nSPS) is 20.9. The van der Waals surface area contributed by atoms with Crippen LogP contribution in [0.4, 0.5) is 0 Å². The molecule has 2 rings (SSSR count). The van der Waals surface area contributed by atoms with Crippen molar-refractivity contribution in [2.75, 3.05) is 7.11 Å². The Labute approximate surface area is 106 Å². The van der Waals surface area contributed by atoms with Gasteiger partial charge < -0.3 is 9.57 Å². The number of rotatable bonds is 4. The number of methoxy groups -OCH3 is 1. The van der Waals surface area contributed by atoms with Crippen molar-refractivity contribution in [1.82, 2.24) is 0 Å². The molecule has 3 nitrogen and oxygen atoms in total. The summed E-state index contributed by atoms with van der Waals surface area (Å²) in [6, 6.07) is 8.16. The second-order valence-electron chi connectivity index (χ2n) is 4.19. The molecule has 1 aromatic rings. The molecule has 92 valence electrons. The summed E-state index contributed by atoms with van der Waals surface area (Å²) in [5, 5.41) is 4.06. The Morgan fingerprint density at radius 1 is 1.47 bits per heavy atom. The van der Waals surface area contributed by atoms with Crippen molar-refractivity contribution < 1.29 is 9.57 Å². The predicted octanol–water partition coefficient (Wildman–Crippen LogP) is 2.95. The summed E-state index contributed by atoms with van der Waals surface area (Å²) >= 11 is 5.99. The first-order valence-corrected chi connectivity index (χ1v) is 6.09. The number of hydrogen-bond donors (Lipinski definition) is 0. The standard InChI is InChI=1S/C13H16ClNO2/c1-9(14)13-7-12(15-17-13)11-5-3-10(4-6-11)8-16-2/h3-6,9,13H,7-8H2,1-2H3. The molecule has 2 atom stereocenters. The number of nitrogens with zero attached hydrogens (tertiary/aromatic N) is 1. The van der Waals surface area contributed by atoms with Crippen LogP contribution in [0.1, 0.15) is 24.5 Å². The summed E-state index contributed by atoms with van der Waals surface area (Å²) in [6.45, 7) is 2.55. The summed E-state index contributed by atoms with van der Waals surface area (Å²) < 4.78 is 5.07. The molecule has 1 heterocycles. The van der Waals surface area contributed by atoms with E-state index >= 15 is 0 Å². The van der Waals surface area contributed by atoms with Crippen LogP contribution in [0.15, 0.2) is 29.4 Å². The molecule has 0 fully saturated rings. The highest BCUT2D eigenvalue weighted by Gasteiger charge is 2.25. The zero-order valence-electron chi connectivity index (χ0n) is 10.0. The van der Waals surface area contributed by atoms with E-state index in [0.717, 1.165) is 23.3 Å². The van der Waals surface area contributed by atoms with Crippen LogP contribution < -0.4 is 0 Å². The lowest BCUT2D eigenvalue weighted by Gasteiger charge is -2.09. The fourth-order valence-corrected chi connectivity index (χ4v) is 1.91. The van der Waals surface area contributed by atoms with Crippen LogP contribution in [0.3, 0.4) is 0 Å². The average molecular weight is 254 g/mol. The lowest BCUT2D eigenvalue weighted by molar-refractivity contribution is 0.0855. The minimum Gasteiger partial charge on any atom is -0.390 e. The molecule has 0 N–H and O–H groups in total. The zero-order chi connectivity index (χ0) is 12.3. The fourth-order valence-electron chi connectivity index (χ4n) is 1.77. The maximum Gasteiger partial charge on any atom is 0.149 e. The van der Waals surface area contributed by atoms with Crippen molar-refractivity contribution in [3.05, 3.63) is 35.4 Å². The minimum absolute atomic E-state index is 0.00896. The Morgan fingerprint density at radius 3 is 2.71 bits per heavy atom. The summed E-state index contributed by atoms with van der Waals surface area (Å²) in [5.74, 6) is 0. The van der Waals surface area contributed by atoms with Crippen LogP contribution in [0.5, 0.6) is 0 Å². The Balaban J connectivity index is 2.04. The molecule has 4 heteroatoms. The van der Waals surface area contributed by atoms with Crippen molar-refractivity contribution in [2.24, 2.45) is 5.16 Å². The van der Waals surface area contributed by atoms with E-state index < -0.39 is 0 Å². The molecule has 0 aromatic heterocycles. The fraction of sp³-hybridized carbons (Fsp3) is 0.462. The first-order valence-electron chi connectivity index (χ1n) is 5.65. The summed E-state index contributed by atoms with van der Waals surface area (Å²) in [4.78, 5) is 5.29. The highest BCUT2D eigenvalue weighted by atomic mass is 35.5. The molecule has 1 aromatic carbocycles. The van der Waals surface area contributed by atoms with Crippen LogP contribution in [-0.2, 0) is 16.2 Å². The second-order valence-corrected chi connectivity index (χ2v) is 4.88. The smallest absolute Gasteiger partial charge is 0.149 e. The Hall–Kier alpha value is -1.06. The van der Waals surface area contributed by atoms with E-state index in [1.807, 2.05) is 31.2 Å². The minimum atomic E-state index is -0.0241. The number of hydrogen-bond acceptors (Lipinski definition) is 3. The molecule has 0 saturated heterocycles. The van der Waals surface area contributed by atoms with Gasteiger partial charge in [-0.2, -0.15) is 0 Å². The van der Waals surface area contributed by atoms with Crippen LogP contribution >= 0.6 is 11.6 Å². The third kappa shape index (κ3) is 2.99. The number of ether oxygens (including phenoxy) is 1. The van der Waals surface area contributed by atoms with Gasteiger partial charge in [0.15, 0.2) is 0 Å². The Kier molecular flexibility index (Phi) is 4.02. The third-order valence-corrected chi connectivity index (χ3v) is 3.08. The van der Waals surface area contributed by atoms with Crippen molar-refractivity contribution in [1.29, 1.82) is 0 Å². The number of alkyl halides is 1. The third-order valence-electron chi connectivity index (χ3n) is 2.80. The van der Waals surface area contributed by atoms with Gasteiger partial charge in [-0.25, -0.2) is 0 Å². The van der Waals surface area contributed by atoms with E-state index in [1.54, 1.807) is 7.11 Å². The average Bonchev–Trinajstić information content (AvgIpc) is 2.80. The Morgan fingerprint density at radius 2 is 2.18 bits per heavy atom. The van der Waals surface area contributed by atoms with Gasteiger partial charge in [0.05, 0.1) is 17.7 Å². The van der Waals surface area contributed by atoms with Gasteiger partial charge in [-0.05, 0) is 18.1 Å². The first-order chi connectivity index (χ1) is 8.20. The molecule has 0 bridgehead atoms. The molecule has 0 spiro atoms. The molecule has 0 amide bonds. The monoisotopic (exact) mass is 253 g/mol. The lowest BCUT2D eigenvalue weighted by Crippen LogP contribution is -2.18. The molecular formula is C13H16ClNO2. The van der Waals surface area contributed by atoms with Crippen LogP contribution in [0.2, 0.25) is 0 Å². The largest absolute Gasteiger partial charge is 0.390 e. The van der Waals surface area contributed by atoms with Crippen molar-refractivity contribution in [3.63, 3.8) is 0 Å². The molecule has 0 aliphatic carbocycles. The van der Waals surface area contributed by atoms with Crippen molar-refractivity contribution in [3.8, 4) is 0 Å². The van der Waals surface area contributed by atoms with Crippen LogP contribution in [0, 0.1) is 0 Å². The van der Waals surface area contributed by atoms with Gasteiger partial charge in [0.25, 0.3) is 0 Å². The van der Waals surface area contributed by atoms with Gasteiger partial charge in [0.1, 0.15) is 6.10 Å². The molecule has 1 aliphatic heterocycles. The Bertz CT molecular complexity index is 400. The molecular weight excluding hydrogens is 238 g/mol. The van der Waals surface area contributed by atoms with E-state index in [4.69, 9.17) is 21.2 Å². The number of halogens is 1. The molecule has 0 saturated carbocycles. The molecule has 17 heavy (non-hydrogen) atoms. The first kappa shape index (κ1) is 12.4. The molecule has 0 radical (unpaired) electrons. The maximum absolute atomic E-state index is 5.99. The van der Waals surface area contributed by atoms with E-state index in [1.165, 1.54) is 0 Å². The van der Waals surface area contributed by atoms with Crippen molar-refractivity contribution in [2.45, 2.75) is 31.4 Å². The van der Waals surface area contributed by atoms with Crippen LogP contribution in [0.25, 0.3) is 0 Å². The number of oxime groups is 1. The van der Waals surface area contributed by atoms with Crippen LogP contribution in [-0.4, -0.2) is 24.3 Å². The van der Waals surface area contributed by atoms with Gasteiger partial charge >= 0.3 is 0 Å². The quantitative estimate of drug-likeness (QED) is 0.773. The van der Waals surface area contributed by atoms with E-state index in [0.29, 0.717) is 6.61 Å². The second kappa shape index (κ2) is 5.52. The van der Waals surface area contributed by atoms with Gasteiger partial charge in [-0.1, -0.05) is 29.4 Å². The zero-order valence-corrected chi connectivity index (χ0v) is 10.8. The molecule has 2 unspecified atom stereocenters. The highest BCUT2D eigenvalue weighted by Crippen LogP contribution is 2.21. The summed E-state index contributed by atoms with van der Waals surface area (Å²) in [7, 11) is 1.69. The van der Waals surface area contributed by atoms with E-state index in [-0.39, 0.29) is 11.5 Å². The van der Waals surface area contributed by atoms with E-state index in [2.05, 4.69) is 5.16 Å².